The Balaban J connectivity index is 2.22. The first kappa shape index (κ1) is 11.1. The topological polar surface area (TPSA) is 38.7 Å². The van der Waals surface area contributed by atoms with Crippen LogP contribution >= 0.6 is 11.6 Å². The molecule has 84 valence electrons. The molecule has 2 rings (SSSR count). The summed E-state index contributed by atoms with van der Waals surface area (Å²) in [4.78, 5) is 15.2. The summed E-state index contributed by atoms with van der Waals surface area (Å²) in [5.74, 6) is -0.213. The molecule has 3 nitrogen and oxygen atoms in total. The maximum Gasteiger partial charge on any atom is 0.312 e. The van der Waals surface area contributed by atoms with Crippen molar-refractivity contribution in [2.45, 2.75) is 19.8 Å². The minimum atomic E-state index is -0.213. The average molecular weight is 238 g/mol. The Hall–Kier alpha value is -1.35. The van der Waals surface area contributed by atoms with E-state index in [2.05, 4.69) is 11.9 Å². The van der Waals surface area contributed by atoms with Gasteiger partial charge in [0.2, 0.25) is 0 Å². The molecule has 0 aromatic heterocycles. The fraction of sp³-hybridized carbons (Fsp3) is 0.333. The number of carbonyl (C=O) groups excluding carboxylic acids is 1. The van der Waals surface area contributed by atoms with Crippen molar-refractivity contribution in [1.82, 2.24) is 0 Å². The SMILES string of the molecule is CCc1ccc(N=C2COC(=O)C2)cc1Cl. The van der Waals surface area contributed by atoms with Gasteiger partial charge in [0.25, 0.3) is 0 Å². The van der Waals surface area contributed by atoms with Crippen LogP contribution in [-0.2, 0) is 16.0 Å². The normalized spacial score (nSPS) is 17.9. The highest BCUT2D eigenvalue weighted by atomic mass is 35.5. The largest absolute Gasteiger partial charge is 0.459 e. The van der Waals surface area contributed by atoms with Crippen molar-refractivity contribution in [2.75, 3.05) is 6.61 Å². The average Bonchev–Trinajstić information content (AvgIpc) is 2.64. The van der Waals surface area contributed by atoms with Gasteiger partial charge in [0.1, 0.15) is 6.61 Å². The third kappa shape index (κ3) is 2.42. The predicted molar refractivity (Wildman–Crippen MR) is 63.5 cm³/mol. The number of rotatable bonds is 2. The number of hydrogen-bond donors (Lipinski definition) is 0. The summed E-state index contributed by atoms with van der Waals surface area (Å²) in [6.07, 6.45) is 1.18. The summed E-state index contributed by atoms with van der Waals surface area (Å²) in [5.41, 5.74) is 2.63. The van der Waals surface area contributed by atoms with Gasteiger partial charge in [-0.05, 0) is 24.1 Å². The highest BCUT2D eigenvalue weighted by Gasteiger charge is 2.18. The van der Waals surface area contributed by atoms with Crippen LogP contribution < -0.4 is 0 Å². The fourth-order valence-corrected chi connectivity index (χ4v) is 1.89. The number of aryl methyl sites for hydroxylation is 1. The molecule has 16 heavy (non-hydrogen) atoms. The van der Waals surface area contributed by atoms with E-state index < -0.39 is 0 Å². The van der Waals surface area contributed by atoms with E-state index in [1.54, 1.807) is 0 Å². The molecule has 1 aromatic rings. The van der Waals surface area contributed by atoms with E-state index in [-0.39, 0.29) is 12.4 Å². The molecule has 0 spiro atoms. The maximum atomic E-state index is 10.9. The third-order valence-corrected chi connectivity index (χ3v) is 2.80. The molecule has 0 atom stereocenters. The second kappa shape index (κ2) is 4.66. The summed E-state index contributed by atoms with van der Waals surface area (Å²) in [5, 5.41) is 0.717. The van der Waals surface area contributed by atoms with Crippen molar-refractivity contribution in [2.24, 2.45) is 4.99 Å². The van der Waals surface area contributed by atoms with E-state index in [9.17, 15) is 4.79 Å². The molecule has 0 radical (unpaired) electrons. The van der Waals surface area contributed by atoms with Crippen LogP contribution in [0.5, 0.6) is 0 Å². The minimum Gasteiger partial charge on any atom is -0.459 e. The lowest BCUT2D eigenvalue weighted by Crippen LogP contribution is -1.94. The van der Waals surface area contributed by atoms with Crippen LogP contribution in [0.1, 0.15) is 18.9 Å². The van der Waals surface area contributed by atoms with Gasteiger partial charge in [-0.1, -0.05) is 24.6 Å². The summed E-state index contributed by atoms with van der Waals surface area (Å²) in [6, 6.07) is 5.68. The van der Waals surface area contributed by atoms with E-state index >= 15 is 0 Å². The van der Waals surface area contributed by atoms with Crippen LogP contribution in [0.3, 0.4) is 0 Å². The van der Waals surface area contributed by atoms with E-state index in [0.29, 0.717) is 6.61 Å². The van der Waals surface area contributed by atoms with Crippen LogP contribution in [0.15, 0.2) is 23.2 Å². The van der Waals surface area contributed by atoms with Crippen molar-refractivity contribution < 1.29 is 9.53 Å². The van der Waals surface area contributed by atoms with E-state index in [1.807, 2.05) is 18.2 Å². The molecule has 0 amide bonds. The smallest absolute Gasteiger partial charge is 0.312 e. The number of nitrogens with zero attached hydrogens (tertiary/aromatic N) is 1. The van der Waals surface area contributed by atoms with Gasteiger partial charge in [0, 0.05) is 5.02 Å². The lowest BCUT2D eigenvalue weighted by atomic mass is 10.1. The Morgan fingerprint density at radius 1 is 1.50 bits per heavy atom. The molecule has 0 bridgehead atoms. The Morgan fingerprint density at radius 3 is 2.88 bits per heavy atom. The zero-order valence-corrected chi connectivity index (χ0v) is 9.75. The number of halogens is 1. The Labute approximate surface area is 99.1 Å². The summed E-state index contributed by atoms with van der Waals surface area (Å²) in [7, 11) is 0. The molecule has 1 heterocycles. The molecule has 1 aliphatic heterocycles. The highest BCUT2D eigenvalue weighted by molar-refractivity contribution is 6.31. The molecule has 1 saturated heterocycles. The first-order valence-corrected chi connectivity index (χ1v) is 5.57. The van der Waals surface area contributed by atoms with Gasteiger partial charge in [-0.15, -0.1) is 0 Å². The maximum absolute atomic E-state index is 10.9. The van der Waals surface area contributed by atoms with Gasteiger partial charge >= 0.3 is 5.97 Å². The minimum absolute atomic E-state index is 0.213. The monoisotopic (exact) mass is 237 g/mol. The number of ether oxygens (including phenoxy) is 1. The third-order valence-electron chi connectivity index (χ3n) is 2.45. The first-order chi connectivity index (χ1) is 7.69. The number of benzene rings is 1. The molecule has 4 heteroatoms. The van der Waals surface area contributed by atoms with Crippen molar-refractivity contribution in [3.63, 3.8) is 0 Å². The lowest BCUT2D eigenvalue weighted by molar-refractivity contribution is -0.137. The number of aliphatic imine (C=N–C) groups is 1. The number of hydrogen-bond acceptors (Lipinski definition) is 3. The van der Waals surface area contributed by atoms with Crippen LogP contribution in [0.2, 0.25) is 5.02 Å². The van der Waals surface area contributed by atoms with Crippen molar-refractivity contribution in [3.05, 3.63) is 28.8 Å². The second-order valence-corrected chi connectivity index (χ2v) is 4.05. The van der Waals surface area contributed by atoms with Gasteiger partial charge in [-0.25, -0.2) is 0 Å². The Bertz CT molecular complexity index is 454. The van der Waals surface area contributed by atoms with Gasteiger partial charge in [-0.2, -0.15) is 0 Å². The summed E-state index contributed by atoms with van der Waals surface area (Å²) < 4.78 is 4.81. The van der Waals surface area contributed by atoms with Crippen LogP contribution in [0.4, 0.5) is 5.69 Å². The molecule has 0 saturated carbocycles. The quantitative estimate of drug-likeness (QED) is 0.742. The zero-order chi connectivity index (χ0) is 11.5. The van der Waals surface area contributed by atoms with Gasteiger partial charge < -0.3 is 4.74 Å². The second-order valence-electron chi connectivity index (χ2n) is 3.64. The van der Waals surface area contributed by atoms with Crippen LogP contribution in [0, 0.1) is 0 Å². The summed E-state index contributed by atoms with van der Waals surface area (Å²) >= 11 is 6.08. The Morgan fingerprint density at radius 2 is 2.31 bits per heavy atom. The number of carbonyl (C=O) groups is 1. The van der Waals surface area contributed by atoms with Crippen molar-refractivity contribution in [3.8, 4) is 0 Å². The van der Waals surface area contributed by atoms with E-state index in [1.165, 1.54) is 0 Å². The molecule has 1 aromatic carbocycles. The molecule has 0 aliphatic carbocycles. The molecule has 1 aliphatic rings. The zero-order valence-electron chi connectivity index (χ0n) is 9.00. The highest BCUT2D eigenvalue weighted by Crippen LogP contribution is 2.24. The van der Waals surface area contributed by atoms with Gasteiger partial charge in [0.05, 0.1) is 17.8 Å². The Kier molecular flexibility index (Phi) is 3.25. The van der Waals surface area contributed by atoms with E-state index in [0.717, 1.165) is 28.4 Å². The van der Waals surface area contributed by atoms with Gasteiger partial charge in [0.15, 0.2) is 0 Å². The standard InChI is InChI=1S/C12H12ClNO2/c1-2-8-3-4-9(5-11(8)13)14-10-6-12(15)16-7-10/h3-5H,2,6-7H2,1H3. The lowest BCUT2D eigenvalue weighted by Gasteiger charge is -2.02. The molecule has 0 unspecified atom stereocenters. The van der Waals surface area contributed by atoms with Crippen molar-refractivity contribution in [1.29, 1.82) is 0 Å². The number of esters is 1. The van der Waals surface area contributed by atoms with Crippen molar-refractivity contribution >= 4 is 29.0 Å². The molecular weight excluding hydrogens is 226 g/mol. The molecular formula is C12H12ClNO2. The first-order valence-electron chi connectivity index (χ1n) is 5.19. The van der Waals surface area contributed by atoms with Crippen LogP contribution in [0.25, 0.3) is 0 Å². The molecule has 0 N–H and O–H groups in total. The van der Waals surface area contributed by atoms with E-state index in [4.69, 9.17) is 16.3 Å². The predicted octanol–water partition coefficient (Wildman–Crippen LogP) is 2.92. The molecule has 1 fully saturated rings. The fourth-order valence-electron chi connectivity index (χ4n) is 1.58. The number of cyclic esters (lactones) is 1. The van der Waals surface area contributed by atoms with Crippen LogP contribution in [-0.4, -0.2) is 18.3 Å². The summed E-state index contributed by atoms with van der Waals surface area (Å²) in [6.45, 7) is 2.35. The van der Waals surface area contributed by atoms with Gasteiger partial charge in [-0.3, -0.25) is 9.79 Å².